The Balaban J connectivity index is 0.000000202. The molecule has 0 radical (unpaired) electrons. The van der Waals surface area contributed by atoms with Crippen molar-refractivity contribution in [3.63, 3.8) is 0 Å². The van der Waals surface area contributed by atoms with Crippen LogP contribution in [0, 0.1) is 0 Å². The maximum atomic E-state index is 3.55. The molecule has 0 heterocycles. The first-order chi connectivity index (χ1) is 5.91. The molecule has 1 aliphatic rings. The molecule has 0 saturated carbocycles. The molecule has 0 spiro atoms. The van der Waals surface area contributed by atoms with Crippen LogP contribution in [-0.4, -0.2) is 0 Å². The van der Waals surface area contributed by atoms with Crippen LogP contribution in [0.1, 0.15) is 25.7 Å². The van der Waals surface area contributed by atoms with Gasteiger partial charge >= 0.3 is 0 Å². The second kappa shape index (κ2) is 9.96. The van der Waals surface area contributed by atoms with Gasteiger partial charge in [-0.25, -0.2) is 0 Å². The number of hydrogen-bond acceptors (Lipinski definition) is 0. The molecule has 0 N–H and O–H groups in total. The monoisotopic (exact) mass is 162 g/mol. The lowest BCUT2D eigenvalue weighted by Gasteiger charge is -1.88. The van der Waals surface area contributed by atoms with Crippen LogP contribution in [0.25, 0.3) is 0 Å². The van der Waals surface area contributed by atoms with Crippen LogP contribution in [0.5, 0.6) is 0 Å². The van der Waals surface area contributed by atoms with E-state index in [4.69, 9.17) is 0 Å². The molecule has 0 aromatic carbocycles. The second-order valence-electron chi connectivity index (χ2n) is 2.59. The SMILES string of the molecule is C1=CCCC=C1.C=CCCC=C. The van der Waals surface area contributed by atoms with Crippen LogP contribution >= 0.6 is 0 Å². The average Bonchev–Trinajstić information content (AvgIpc) is 2.18. The fraction of sp³-hybridized carbons (Fsp3) is 0.333. The fourth-order valence-electron chi connectivity index (χ4n) is 0.778. The Morgan fingerprint density at radius 2 is 1.33 bits per heavy atom. The predicted octanol–water partition coefficient (Wildman–Crippen LogP) is 4.03. The molecule has 0 aromatic rings. The van der Waals surface area contributed by atoms with Crippen LogP contribution in [0.3, 0.4) is 0 Å². The topological polar surface area (TPSA) is 0 Å². The first-order valence-electron chi connectivity index (χ1n) is 4.45. The van der Waals surface area contributed by atoms with Crippen molar-refractivity contribution in [1.29, 1.82) is 0 Å². The minimum absolute atomic E-state index is 1.06. The highest BCUT2D eigenvalue weighted by Gasteiger charge is 1.77. The Kier molecular flexibility index (Phi) is 9.10. The zero-order chi connectivity index (χ0) is 9.07. The van der Waals surface area contributed by atoms with E-state index in [-0.39, 0.29) is 0 Å². The van der Waals surface area contributed by atoms with Crippen molar-refractivity contribution in [2.45, 2.75) is 25.7 Å². The van der Waals surface area contributed by atoms with E-state index in [9.17, 15) is 0 Å². The van der Waals surface area contributed by atoms with Crippen molar-refractivity contribution in [3.8, 4) is 0 Å². The van der Waals surface area contributed by atoms with Crippen molar-refractivity contribution >= 4 is 0 Å². The van der Waals surface area contributed by atoms with Crippen LogP contribution < -0.4 is 0 Å². The third-order valence-electron chi connectivity index (χ3n) is 1.46. The quantitative estimate of drug-likeness (QED) is 0.434. The molecule has 0 heteroatoms. The first kappa shape index (κ1) is 11.0. The normalized spacial score (nSPS) is 13.0. The Bertz CT molecular complexity index is 141. The summed E-state index contributed by atoms with van der Waals surface area (Å²) in [6.07, 6.45) is 16.9. The molecular weight excluding hydrogens is 144 g/mol. The molecule has 0 nitrogen and oxygen atoms in total. The zero-order valence-corrected chi connectivity index (χ0v) is 7.71. The lowest BCUT2D eigenvalue weighted by Crippen LogP contribution is -1.67. The van der Waals surface area contributed by atoms with Gasteiger partial charge < -0.3 is 0 Å². The molecule has 0 bridgehead atoms. The summed E-state index contributed by atoms with van der Waals surface area (Å²) < 4.78 is 0. The largest absolute Gasteiger partial charge is 0.103 e. The van der Waals surface area contributed by atoms with Crippen LogP contribution in [0.4, 0.5) is 0 Å². The number of rotatable bonds is 3. The summed E-state index contributed by atoms with van der Waals surface area (Å²) in [6, 6.07) is 0. The Hall–Kier alpha value is -1.04. The van der Waals surface area contributed by atoms with Gasteiger partial charge in [-0.15, -0.1) is 13.2 Å². The molecule has 0 unspecified atom stereocenters. The van der Waals surface area contributed by atoms with Crippen molar-refractivity contribution in [3.05, 3.63) is 49.6 Å². The van der Waals surface area contributed by atoms with Crippen molar-refractivity contribution in [1.82, 2.24) is 0 Å². The predicted molar refractivity (Wildman–Crippen MR) is 57.1 cm³/mol. The summed E-state index contributed by atoms with van der Waals surface area (Å²) in [6.45, 7) is 7.10. The van der Waals surface area contributed by atoms with E-state index >= 15 is 0 Å². The van der Waals surface area contributed by atoms with Crippen molar-refractivity contribution in [2.24, 2.45) is 0 Å². The van der Waals surface area contributed by atoms with Gasteiger partial charge in [0, 0.05) is 0 Å². The molecule has 0 amide bonds. The van der Waals surface area contributed by atoms with E-state index in [0.29, 0.717) is 0 Å². The Morgan fingerprint density at radius 3 is 1.50 bits per heavy atom. The van der Waals surface area contributed by atoms with Crippen LogP contribution in [-0.2, 0) is 0 Å². The van der Waals surface area contributed by atoms with E-state index in [1.807, 2.05) is 12.2 Å². The first-order valence-corrected chi connectivity index (χ1v) is 4.45. The van der Waals surface area contributed by atoms with Gasteiger partial charge in [-0.05, 0) is 25.7 Å². The highest BCUT2D eigenvalue weighted by Crippen LogP contribution is 1.98. The van der Waals surface area contributed by atoms with Gasteiger partial charge in [-0.2, -0.15) is 0 Å². The lowest BCUT2D eigenvalue weighted by molar-refractivity contribution is 1.04. The van der Waals surface area contributed by atoms with Crippen molar-refractivity contribution < 1.29 is 0 Å². The van der Waals surface area contributed by atoms with Gasteiger partial charge in [0.15, 0.2) is 0 Å². The minimum atomic E-state index is 1.06. The standard InChI is InChI=1S/C6H8.C6H10/c1-2-4-6-5-3-1;1-3-5-6-4-2/h1-4H,5-6H2;3-4H,1-2,5-6H2. The van der Waals surface area contributed by atoms with E-state index in [2.05, 4.69) is 37.5 Å². The average molecular weight is 162 g/mol. The summed E-state index contributed by atoms with van der Waals surface area (Å²) in [5, 5.41) is 0. The van der Waals surface area contributed by atoms with Gasteiger partial charge in [0.1, 0.15) is 0 Å². The molecule has 1 rings (SSSR count). The summed E-state index contributed by atoms with van der Waals surface area (Å²) in [5.74, 6) is 0. The molecule has 0 saturated heterocycles. The fourth-order valence-corrected chi connectivity index (χ4v) is 0.778. The summed E-state index contributed by atoms with van der Waals surface area (Å²) in [7, 11) is 0. The molecule has 0 aromatic heterocycles. The third-order valence-corrected chi connectivity index (χ3v) is 1.46. The van der Waals surface area contributed by atoms with Gasteiger partial charge in [-0.3, -0.25) is 0 Å². The molecule has 0 aliphatic heterocycles. The van der Waals surface area contributed by atoms with Gasteiger partial charge in [0.2, 0.25) is 0 Å². The molecule has 1 aliphatic carbocycles. The van der Waals surface area contributed by atoms with E-state index in [1.165, 1.54) is 12.8 Å². The van der Waals surface area contributed by atoms with Crippen LogP contribution in [0.2, 0.25) is 0 Å². The van der Waals surface area contributed by atoms with Gasteiger partial charge in [-0.1, -0.05) is 36.5 Å². The van der Waals surface area contributed by atoms with E-state index in [1.54, 1.807) is 0 Å². The third kappa shape index (κ3) is 8.96. The van der Waals surface area contributed by atoms with E-state index in [0.717, 1.165) is 12.8 Å². The summed E-state index contributed by atoms with van der Waals surface area (Å²) >= 11 is 0. The van der Waals surface area contributed by atoms with E-state index < -0.39 is 0 Å². The molecular formula is C12H18. The number of hydrogen-bond donors (Lipinski definition) is 0. The summed E-state index contributed by atoms with van der Waals surface area (Å²) in [5.41, 5.74) is 0. The van der Waals surface area contributed by atoms with Gasteiger partial charge in [0.25, 0.3) is 0 Å². The Labute approximate surface area is 76.0 Å². The minimum Gasteiger partial charge on any atom is -0.103 e. The molecule has 0 fully saturated rings. The van der Waals surface area contributed by atoms with Crippen LogP contribution in [0.15, 0.2) is 49.6 Å². The maximum absolute atomic E-state index is 3.55. The highest BCUT2D eigenvalue weighted by atomic mass is 13.8. The molecule has 0 atom stereocenters. The number of unbranched alkanes of at least 4 members (excludes halogenated alkanes) is 1. The summed E-state index contributed by atoms with van der Waals surface area (Å²) in [4.78, 5) is 0. The lowest BCUT2D eigenvalue weighted by atomic mass is 10.2. The van der Waals surface area contributed by atoms with Crippen molar-refractivity contribution in [2.75, 3.05) is 0 Å². The Morgan fingerprint density at radius 1 is 0.917 bits per heavy atom. The zero-order valence-electron chi connectivity index (χ0n) is 7.71. The molecule has 66 valence electrons. The van der Waals surface area contributed by atoms with Gasteiger partial charge in [0.05, 0.1) is 0 Å². The maximum Gasteiger partial charge on any atom is -0.0313 e. The highest BCUT2D eigenvalue weighted by molar-refractivity contribution is 5.07. The number of allylic oxidation sites excluding steroid dienone is 6. The second-order valence-corrected chi connectivity index (χ2v) is 2.59. The molecule has 12 heavy (non-hydrogen) atoms. The smallest absolute Gasteiger partial charge is 0.0313 e.